The number of ether oxygens (including phenoxy) is 1. The molecule has 0 saturated heterocycles. The van der Waals surface area contributed by atoms with Crippen LogP contribution in [0.1, 0.15) is 33.7 Å². The van der Waals surface area contributed by atoms with Crippen LogP contribution in [0.25, 0.3) is 0 Å². The Bertz CT molecular complexity index is 413. The van der Waals surface area contributed by atoms with E-state index in [0.717, 1.165) is 5.69 Å². The Kier molecular flexibility index (Phi) is 5.43. The van der Waals surface area contributed by atoms with Crippen LogP contribution in [0.15, 0.2) is 36.4 Å². The fourth-order valence-electron chi connectivity index (χ4n) is 1.45. The van der Waals surface area contributed by atoms with Gasteiger partial charge in [0.15, 0.2) is 0 Å². The molecule has 1 aromatic carbocycles. The molecule has 0 spiro atoms. The summed E-state index contributed by atoms with van der Waals surface area (Å²) in [6.45, 7) is 10.4. The summed E-state index contributed by atoms with van der Waals surface area (Å²) < 4.78 is 4.99. The molecule has 0 aromatic heterocycles. The average molecular weight is 249 g/mol. The highest BCUT2D eigenvalue weighted by Crippen LogP contribution is 2.16. The monoisotopic (exact) mass is 249 g/mol. The summed E-state index contributed by atoms with van der Waals surface area (Å²) in [6, 6.07) is 8.28. The molecule has 100 valence electrons. The lowest BCUT2D eigenvalue weighted by molar-refractivity contribution is -0.138. The number of benzene rings is 1. The molecule has 0 aliphatic heterocycles. The zero-order chi connectivity index (χ0) is 13.5. The topological polar surface area (TPSA) is 38.3 Å². The van der Waals surface area contributed by atoms with Gasteiger partial charge in [0.25, 0.3) is 0 Å². The van der Waals surface area contributed by atoms with E-state index in [9.17, 15) is 4.79 Å². The second-order valence-corrected chi connectivity index (χ2v) is 4.62. The molecule has 18 heavy (non-hydrogen) atoms. The molecule has 0 bridgehead atoms. The Labute approximate surface area is 110 Å². The smallest absolute Gasteiger partial charge is 0.333 e. The molecule has 0 amide bonds. The van der Waals surface area contributed by atoms with Gasteiger partial charge < -0.3 is 10.1 Å². The molecule has 0 unspecified atom stereocenters. The summed E-state index contributed by atoms with van der Waals surface area (Å²) in [4.78, 5) is 11.1. The van der Waals surface area contributed by atoms with Gasteiger partial charge in [-0.05, 0) is 30.5 Å². The van der Waals surface area contributed by atoms with E-state index < -0.39 is 0 Å². The third kappa shape index (κ3) is 4.62. The first kappa shape index (κ1) is 14.3. The molecular formula is C15H23NO2. The summed E-state index contributed by atoms with van der Waals surface area (Å²) in [5.41, 5.74) is 2.77. The van der Waals surface area contributed by atoms with E-state index >= 15 is 0 Å². The van der Waals surface area contributed by atoms with Crippen molar-refractivity contribution in [2.24, 2.45) is 0 Å². The maximum Gasteiger partial charge on any atom is 0.333 e. The lowest BCUT2D eigenvalue weighted by Gasteiger charge is -2.09. The van der Waals surface area contributed by atoms with Crippen molar-refractivity contribution in [3.05, 3.63) is 42.0 Å². The van der Waals surface area contributed by atoms with Gasteiger partial charge in [-0.3, -0.25) is 0 Å². The zero-order valence-electron chi connectivity index (χ0n) is 11.3. The van der Waals surface area contributed by atoms with Gasteiger partial charge in [-0.1, -0.05) is 32.6 Å². The van der Waals surface area contributed by atoms with Crippen molar-refractivity contribution in [2.45, 2.75) is 26.7 Å². The molecular weight excluding hydrogens is 226 g/mol. The molecule has 3 nitrogen and oxygen atoms in total. The number of carbonyl (C=O) groups is 1. The second-order valence-electron chi connectivity index (χ2n) is 4.62. The van der Waals surface area contributed by atoms with Crippen molar-refractivity contribution in [3.63, 3.8) is 0 Å². The lowest BCUT2D eigenvalue weighted by atomic mass is 10.0. The Morgan fingerprint density at radius 3 is 2.50 bits per heavy atom. The van der Waals surface area contributed by atoms with Gasteiger partial charge in [0, 0.05) is 19.2 Å². The number of esters is 1. The molecule has 0 atom stereocenters. The van der Waals surface area contributed by atoms with E-state index in [0.29, 0.717) is 24.6 Å². The van der Waals surface area contributed by atoms with Gasteiger partial charge in [0.05, 0.1) is 0 Å². The highest BCUT2D eigenvalue weighted by Gasteiger charge is 2.02. The van der Waals surface area contributed by atoms with E-state index in [4.69, 9.17) is 4.74 Å². The normalized spacial score (nSPS) is 10.2. The van der Waals surface area contributed by atoms with E-state index in [2.05, 4.69) is 37.9 Å². The van der Waals surface area contributed by atoms with Crippen LogP contribution in [0.5, 0.6) is 0 Å². The molecule has 0 radical (unpaired) electrons. The van der Waals surface area contributed by atoms with Gasteiger partial charge in [-0.2, -0.15) is 0 Å². The van der Waals surface area contributed by atoms with Gasteiger partial charge in [0.1, 0.15) is 6.61 Å². The van der Waals surface area contributed by atoms with Gasteiger partial charge in [0.2, 0.25) is 0 Å². The largest absolute Gasteiger partial charge is 0.460 e. The summed E-state index contributed by atoms with van der Waals surface area (Å²) >= 11 is 0. The standard InChI is InChI=1S/C15H21NO2.H2/c1-11(2)13-5-7-14(8-6-13)16-9-10-18-15(17)12(3)4;/h5-8,11,16H,3,9-10H2,1-2,4H3;1H. The predicted octanol–water partition coefficient (Wildman–Crippen LogP) is 3.59. The van der Waals surface area contributed by atoms with Crippen LogP contribution in [-0.2, 0) is 9.53 Å². The maximum atomic E-state index is 11.1. The number of carbonyl (C=O) groups excluding carboxylic acids is 1. The first-order valence-electron chi connectivity index (χ1n) is 6.17. The summed E-state index contributed by atoms with van der Waals surface area (Å²) in [5, 5.41) is 3.20. The Hall–Kier alpha value is -1.77. The SMILES string of the molecule is C=C(C)C(=O)OCCNc1ccc(C(C)C)cc1.[HH]. The molecule has 0 aliphatic carbocycles. The van der Waals surface area contributed by atoms with E-state index in [1.807, 2.05) is 12.1 Å². The van der Waals surface area contributed by atoms with Crippen molar-refractivity contribution < 1.29 is 11.0 Å². The average Bonchev–Trinajstić information content (AvgIpc) is 2.34. The minimum Gasteiger partial charge on any atom is -0.460 e. The minimum atomic E-state index is -0.341. The molecule has 0 fully saturated rings. The van der Waals surface area contributed by atoms with Crippen LogP contribution in [0.2, 0.25) is 0 Å². The zero-order valence-corrected chi connectivity index (χ0v) is 11.3. The second kappa shape index (κ2) is 6.84. The first-order chi connectivity index (χ1) is 8.50. The molecule has 3 heteroatoms. The Morgan fingerprint density at radius 2 is 2.00 bits per heavy atom. The van der Waals surface area contributed by atoms with E-state index in [1.54, 1.807) is 6.92 Å². The van der Waals surface area contributed by atoms with Crippen molar-refractivity contribution in [1.29, 1.82) is 0 Å². The lowest BCUT2D eigenvalue weighted by Crippen LogP contribution is -2.14. The molecule has 0 saturated carbocycles. The van der Waals surface area contributed by atoms with Crippen molar-refractivity contribution >= 4 is 11.7 Å². The number of rotatable bonds is 6. The van der Waals surface area contributed by atoms with Crippen LogP contribution in [0, 0.1) is 0 Å². The van der Waals surface area contributed by atoms with Crippen LogP contribution in [0.3, 0.4) is 0 Å². The summed E-state index contributed by atoms with van der Waals surface area (Å²) in [6.07, 6.45) is 0. The highest BCUT2D eigenvalue weighted by molar-refractivity contribution is 5.86. The van der Waals surface area contributed by atoms with Gasteiger partial charge in [-0.25, -0.2) is 4.79 Å². The van der Waals surface area contributed by atoms with Crippen molar-refractivity contribution in [2.75, 3.05) is 18.5 Å². The third-order valence-corrected chi connectivity index (χ3v) is 2.59. The Balaban J connectivity index is 0.00000324. The summed E-state index contributed by atoms with van der Waals surface area (Å²) in [5.74, 6) is 0.197. The quantitative estimate of drug-likeness (QED) is 0.475. The third-order valence-electron chi connectivity index (χ3n) is 2.59. The van der Waals surface area contributed by atoms with Crippen LogP contribution < -0.4 is 5.32 Å². The van der Waals surface area contributed by atoms with Crippen molar-refractivity contribution in [3.8, 4) is 0 Å². The van der Waals surface area contributed by atoms with Crippen LogP contribution >= 0.6 is 0 Å². The number of nitrogens with one attached hydrogen (secondary N) is 1. The molecule has 0 heterocycles. The number of hydrogen-bond acceptors (Lipinski definition) is 3. The van der Waals surface area contributed by atoms with E-state index in [1.165, 1.54) is 5.56 Å². The summed E-state index contributed by atoms with van der Waals surface area (Å²) in [7, 11) is 0. The fourth-order valence-corrected chi connectivity index (χ4v) is 1.45. The predicted molar refractivity (Wildman–Crippen MR) is 76.9 cm³/mol. The molecule has 0 aliphatic rings. The maximum absolute atomic E-state index is 11.1. The van der Waals surface area contributed by atoms with E-state index in [-0.39, 0.29) is 7.40 Å². The van der Waals surface area contributed by atoms with Crippen molar-refractivity contribution in [1.82, 2.24) is 0 Å². The molecule has 1 rings (SSSR count). The highest BCUT2D eigenvalue weighted by atomic mass is 16.5. The van der Waals surface area contributed by atoms with Gasteiger partial charge in [-0.15, -0.1) is 0 Å². The van der Waals surface area contributed by atoms with Crippen LogP contribution in [-0.4, -0.2) is 19.1 Å². The molecule has 1 N–H and O–H groups in total. The number of anilines is 1. The minimum absolute atomic E-state index is 0. The first-order valence-corrected chi connectivity index (χ1v) is 6.17. The fraction of sp³-hybridized carbons (Fsp3) is 0.400. The molecule has 1 aromatic rings. The number of hydrogen-bond donors (Lipinski definition) is 1. The van der Waals surface area contributed by atoms with Crippen LogP contribution in [0.4, 0.5) is 5.69 Å². The Morgan fingerprint density at radius 1 is 1.39 bits per heavy atom. The van der Waals surface area contributed by atoms with Gasteiger partial charge >= 0.3 is 5.97 Å².